The second-order valence-electron chi connectivity index (χ2n) is 4.23. The van der Waals surface area contributed by atoms with E-state index in [0.717, 1.165) is 31.6 Å². The predicted molar refractivity (Wildman–Crippen MR) is 71.0 cm³/mol. The van der Waals surface area contributed by atoms with Crippen molar-refractivity contribution in [3.05, 3.63) is 22.7 Å². The number of ether oxygens (including phenoxy) is 1. The summed E-state index contributed by atoms with van der Waals surface area (Å²) in [4.78, 5) is 13.3. The highest BCUT2D eigenvalue weighted by molar-refractivity contribution is 6.33. The minimum Gasteiger partial charge on any atom is -0.493 e. The van der Waals surface area contributed by atoms with E-state index in [1.807, 2.05) is 6.92 Å². The molecular formula is C13H16ClNO3. The van der Waals surface area contributed by atoms with Crippen LogP contribution in [0.15, 0.2) is 12.1 Å². The third-order valence-electron chi connectivity index (χ3n) is 3.03. The standard InChI is InChI=1S/C13H16ClNO3/c1-2-18-12-8-11(15-5-3-4-6-15)10(14)7-9(12)13(16)17/h7-8H,2-6H2,1H3,(H,16,17). The first-order valence-electron chi connectivity index (χ1n) is 6.08. The van der Waals surface area contributed by atoms with Crippen molar-refractivity contribution in [3.63, 3.8) is 0 Å². The van der Waals surface area contributed by atoms with Crippen LogP contribution in [0, 0.1) is 0 Å². The van der Waals surface area contributed by atoms with E-state index in [4.69, 9.17) is 21.4 Å². The molecule has 0 aromatic heterocycles. The number of aromatic carboxylic acids is 1. The van der Waals surface area contributed by atoms with Crippen LogP contribution >= 0.6 is 11.6 Å². The number of rotatable bonds is 4. The molecule has 0 aliphatic carbocycles. The second kappa shape index (κ2) is 5.48. The number of hydrogen-bond acceptors (Lipinski definition) is 3. The van der Waals surface area contributed by atoms with E-state index in [9.17, 15) is 4.79 Å². The summed E-state index contributed by atoms with van der Waals surface area (Å²) in [5.41, 5.74) is 0.979. The van der Waals surface area contributed by atoms with Crippen LogP contribution in [0.2, 0.25) is 5.02 Å². The fourth-order valence-corrected chi connectivity index (χ4v) is 2.47. The quantitative estimate of drug-likeness (QED) is 0.913. The van der Waals surface area contributed by atoms with Gasteiger partial charge in [0.1, 0.15) is 11.3 Å². The van der Waals surface area contributed by atoms with E-state index >= 15 is 0 Å². The Morgan fingerprint density at radius 3 is 2.67 bits per heavy atom. The highest BCUT2D eigenvalue weighted by Gasteiger charge is 2.20. The van der Waals surface area contributed by atoms with E-state index in [-0.39, 0.29) is 5.56 Å². The lowest BCUT2D eigenvalue weighted by Gasteiger charge is -2.21. The molecule has 0 spiro atoms. The maximum Gasteiger partial charge on any atom is 0.339 e. The molecule has 0 bridgehead atoms. The first kappa shape index (κ1) is 13.0. The molecule has 4 nitrogen and oxygen atoms in total. The monoisotopic (exact) mass is 269 g/mol. The van der Waals surface area contributed by atoms with Crippen LogP contribution in [-0.2, 0) is 0 Å². The summed E-state index contributed by atoms with van der Waals surface area (Å²) in [5, 5.41) is 9.59. The van der Waals surface area contributed by atoms with Crippen LogP contribution in [0.3, 0.4) is 0 Å². The molecule has 98 valence electrons. The van der Waals surface area contributed by atoms with Crippen molar-refractivity contribution >= 4 is 23.3 Å². The number of halogens is 1. The molecule has 0 saturated carbocycles. The van der Waals surface area contributed by atoms with E-state index in [0.29, 0.717) is 17.4 Å². The molecular weight excluding hydrogens is 254 g/mol. The summed E-state index contributed by atoms with van der Waals surface area (Å²) in [7, 11) is 0. The van der Waals surface area contributed by atoms with Crippen molar-refractivity contribution < 1.29 is 14.6 Å². The average Bonchev–Trinajstić information content (AvgIpc) is 2.84. The average molecular weight is 270 g/mol. The third kappa shape index (κ3) is 2.53. The molecule has 0 radical (unpaired) electrons. The van der Waals surface area contributed by atoms with Crippen molar-refractivity contribution in [1.29, 1.82) is 0 Å². The zero-order valence-electron chi connectivity index (χ0n) is 10.3. The maximum absolute atomic E-state index is 11.1. The van der Waals surface area contributed by atoms with Gasteiger partial charge in [-0.15, -0.1) is 0 Å². The lowest BCUT2D eigenvalue weighted by Crippen LogP contribution is -2.18. The van der Waals surface area contributed by atoms with Gasteiger partial charge in [0, 0.05) is 19.2 Å². The summed E-state index contributed by atoms with van der Waals surface area (Å²) >= 11 is 6.17. The van der Waals surface area contributed by atoms with Gasteiger partial charge in [0.25, 0.3) is 0 Å². The molecule has 5 heteroatoms. The van der Waals surface area contributed by atoms with E-state index in [2.05, 4.69) is 4.90 Å². The molecule has 18 heavy (non-hydrogen) atoms. The molecule has 1 N–H and O–H groups in total. The molecule has 0 amide bonds. The maximum atomic E-state index is 11.1. The van der Waals surface area contributed by atoms with Crippen molar-refractivity contribution in [2.75, 3.05) is 24.6 Å². The number of carboxylic acids is 1. The molecule has 1 saturated heterocycles. The Labute approximate surface area is 111 Å². The van der Waals surface area contributed by atoms with Crippen LogP contribution in [0.1, 0.15) is 30.1 Å². The topological polar surface area (TPSA) is 49.8 Å². The molecule has 1 aliphatic rings. The molecule has 1 fully saturated rings. The zero-order chi connectivity index (χ0) is 13.1. The number of hydrogen-bond donors (Lipinski definition) is 1. The Morgan fingerprint density at radius 2 is 2.11 bits per heavy atom. The molecule has 2 rings (SSSR count). The highest BCUT2D eigenvalue weighted by Crippen LogP contribution is 2.35. The summed E-state index contributed by atoms with van der Waals surface area (Å²) < 4.78 is 5.39. The number of carbonyl (C=O) groups is 1. The van der Waals surface area contributed by atoms with Gasteiger partial charge in [-0.05, 0) is 25.8 Å². The van der Waals surface area contributed by atoms with Crippen LogP contribution in [0.25, 0.3) is 0 Å². The van der Waals surface area contributed by atoms with Crippen LogP contribution in [0.5, 0.6) is 5.75 Å². The van der Waals surface area contributed by atoms with Crippen LogP contribution < -0.4 is 9.64 Å². The molecule has 1 aromatic rings. The zero-order valence-corrected chi connectivity index (χ0v) is 11.0. The molecule has 0 unspecified atom stereocenters. The minimum absolute atomic E-state index is 0.116. The molecule has 0 atom stereocenters. The van der Waals surface area contributed by atoms with Crippen LogP contribution in [-0.4, -0.2) is 30.8 Å². The van der Waals surface area contributed by atoms with Gasteiger partial charge in [-0.3, -0.25) is 0 Å². The first-order chi connectivity index (χ1) is 8.63. The molecule has 1 heterocycles. The second-order valence-corrected chi connectivity index (χ2v) is 4.64. The molecule has 1 aliphatic heterocycles. The van der Waals surface area contributed by atoms with Gasteiger partial charge >= 0.3 is 5.97 Å². The Kier molecular flexibility index (Phi) is 3.97. The lowest BCUT2D eigenvalue weighted by atomic mass is 10.1. The summed E-state index contributed by atoms with van der Waals surface area (Å²) in [6, 6.07) is 3.21. The van der Waals surface area contributed by atoms with Crippen molar-refractivity contribution in [2.24, 2.45) is 0 Å². The minimum atomic E-state index is -1.02. The van der Waals surface area contributed by atoms with Gasteiger partial charge in [-0.25, -0.2) is 4.79 Å². The Hall–Kier alpha value is -1.42. The fourth-order valence-electron chi connectivity index (χ4n) is 2.19. The normalized spacial score (nSPS) is 14.9. The van der Waals surface area contributed by atoms with Crippen molar-refractivity contribution in [3.8, 4) is 5.75 Å². The predicted octanol–water partition coefficient (Wildman–Crippen LogP) is 3.04. The molecule has 1 aromatic carbocycles. The SMILES string of the molecule is CCOc1cc(N2CCCC2)c(Cl)cc1C(=O)O. The highest BCUT2D eigenvalue weighted by atomic mass is 35.5. The summed E-state index contributed by atoms with van der Waals surface area (Å²) in [6.07, 6.45) is 2.28. The summed E-state index contributed by atoms with van der Waals surface area (Å²) in [6.45, 7) is 4.17. The third-order valence-corrected chi connectivity index (χ3v) is 3.33. The van der Waals surface area contributed by atoms with Gasteiger partial charge in [0.2, 0.25) is 0 Å². The van der Waals surface area contributed by atoms with Gasteiger partial charge in [-0.2, -0.15) is 0 Å². The Morgan fingerprint density at radius 1 is 1.44 bits per heavy atom. The number of carboxylic acid groups (broad SMARTS) is 1. The fraction of sp³-hybridized carbons (Fsp3) is 0.462. The van der Waals surface area contributed by atoms with E-state index in [1.165, 1.54) is 6.07 Å². The summed E-state index contributed by atoms with van der Waals surface area (Å²) in [5.74, 6) is -0.635. The van der Waals surface area contributed by atoms with E-state index in [1.54, 1.807) is 6.07 Å². The lowest BCUT2D eigenvalue weighted by molar-refractivity contribution is 0.0692. The van der Waals surface area contributed by atoms with Crippen LogP contribution in [0.4, 0.5) is 5.69 Å². The van der Waals surface area contributed by atoms with Gasteiger partial charge in [0.15, 0.2) is 0 Å². The van der Waals surface area contributed by atoms with Crippen molar-refractivity contribution in [1.82, 2.24) is 0 Å². The number of anilines is 1. The smallest absolute Gasteiger partial charge is 0.339 e. The number of benzene rings is 1. The Balaban J connectivity index is 2.42. The van der Waals surface area contributed by atoms with Gasteiger partial charge in [0.05, 0.1) is 17.3 Å². The number of nitrogens with zero attached hydrogens (tertiary/aromatic N) is 1. The Bertz CT molecular complexity index is 456. The van der Waals surface area contributed by atoms with E-state index < -0.39 is 5.97 Å². The largest absolute Gasteiger partial charge is 0.493 e. The van der Waals surface area contributed by atoms with Gasteiger partial charge < -0.3 is 14.7 Å². The van der Waals surface area contributed by atoms with Crippen molar-refractivity contribution in [2.45, 2.75) is 19.8 Å². The van der Waals surface area contributed by atoms with Gasteiger partial charge in [-0.1, -0.05) is 11.6 Å². The first-order valence-corrected chi connectivity index (χ1v) is 6.46.